The van der Waals surface area contributed by atoms with Gasteiger partial charge in [-0.3, -0.25) is 4.79 Å². The molecule has 6 heteroatoms. The van der Waals surface area contributed by atoms with Gasteiger partial charge in [0.2, 0.25) is 0 Å². The molecule has 6 nitrogen and oxygen atoms in total. The van der Waals surface area contributed by atoms with E-state index in [1.54, 1.807) is 24.3 Å². The quantitative estimate of drug-likeness (QED) is 0.213. The van der Waals surface area contributed by atoms with E-state index in [4.69, 9.17) is 15.1 Å². The zero-order valence-electron chi connectivity index (χ0n) is 17.8. The number of hydrogen-bond donors (Lipinski definition) is 2. The number of ether oxygens (including phenoxy) is 1. The second kappa shape index (κ2) is 14.4. The summed E-state index contributed by atoms with van der Waals surface area (Å²) in [6, 6.07) is 15.2. The lowest BCUT2D eigenvalue weighted by molar-refractivity contribution is -0.132. The highest BCUT2D eigenvalue weighted by Gasteiger charge is 2.13. The summed E-state index contributed by atoms with van der Waals surface area (Å²) < 4.78 is 5.66. The largest absolute Gasteiger partial charge is 0.507 e. The molecule has 31 heavy (non-hydrogen) atoms. The number of carbonyl (C=O) groups excluding carboxylic acids is 1. The second-order valence-electron chi connectivity index (χ2n) is 6.89. The number of carbonyl (C=O) groups is 2. The summed E-state index contributed by atoms with van der Waals surface area (Å²) >= 11 is 0. The Morgan fingerprint density at radius 3 is 2.23 bits per heavy atom. The smallest absolute Gasteiger partial charge is 0.345 e. The summed E-state index contributed by atoms with van der Waals surface area (Å²) in [5.41, 5.74) is 0.432. The van der Waals surface area contributed by atoms with Gasteiger partial charge in [-0.1, -0.05) is 75.9 Å². The average Bonchev–Trinajstić information content (AvgIpc) is 2.78. The molecule has 0 atom stereocenters. The van der Waals surface area contributed by atoms with Crippen LogP contribution >= 0.6 is 0 Å². The number of benzene rings is 2. The van der Waals surface area contributed by atoms with Crippen LogP contribution in [0, 0.1) is 11.3 Å². The van der Waals surface area contributed by atoms with Crippen LogP contribution in [0.15, 0.2) is 60.7 Å². The van der Waals surface area contributed by atoms with Crippen LogP contribution in [-0.4, -0.2) is 28.6 Å². The third-order valence-corrected chi connectivity index (χ3v) is 4.41. The molecule has 2 rings (SSSR count). The molecule has 0 fully saturated rings. The normalized spacial score (nSPS) is 9.68. The maximum Gasteiger partial charge on any atom is 0.345 e. The summed E-state index contributed by atoms with van der Waals surface area (Å²) in [6.07, 6.45) is 7.25. The van der Waals surface area contributed by atoms with Gasteiger partial charge in [0.25, 0.3) is 0 Å². The molecule has 0 amide bonds. The monoisotopic (exact) mass is 423 g/mol. The van der Waals surface area contributed by atoms with Crippen molar-refractivity contribution >= 4 is 11.8 Å². The first-order valence-electron chi connectivity index (χ1n) is 10.3. The van der Waals surface area contributed by atoms with Crippen LogP contribution in [0.2, 0.25) is 0 Å². The first-order valence-corrected chi connectivity index (χ1v) is 10.3. The van der Waals surface area contributed by atoms with Gasteiger partial charge in [-0.15, -0.1) is 0 Å². The van der Waals surface area contributed by atoms with E-state index in [0.29, 0.717) is 23.5 Å². The van der Waals surface area contributed by atoms with Crippen molar-refractivity contribution in [3.63, 3.8) is 0 Å². The fraction of sp³-hybridized carbons (Fsp3) is 0.320. The lowest BCUT2D eigenvalue weighted by atomic mass is 10.0. The minimum Gasteiger partial charge on any atom is -0.507 e. The van der Waals surface area contributed by atoms with E-state index < -0.39 is 11.5 Å². The predicted molar refractivity (Wildman–Crippen MR) is 119 cm³/mol. The van der Waals surface area contributed by atoms with Gasteiger partial charge < -0.3 is 14.9 Å². The van der Waals surface area contributed by atoms with E-state index in [1.165, 1.54) is 37.8 Å². The van der Waals surface area contributed by atoms with Crippen LogP contribution in [0.25, 0.3) is 0 Å². The number of unbranched alkanes of at least 4 members (excludes halogenated alkanes) is 5. The molecule has 164 valence electrons. The van der Waals surface area contributed by atoms with Crippen LogP contribution in [0.4, 0.5) is 0 Å². The van der Waals surface area contributed by atoms with E-state index in [9.17, 15) is 14.7 Å². The lowest BCUT2D eigenvalue weighted by Gasteiger charge is -2.09. The Hall–Kier alpha value is -3.59. The zero-order valence-corrected chi connectivity index (χ0v) is 17.8. The number of nitrogens with zero attached hydrogens (tertiary/aromatic N) is 1. The highest BCUT2D eigenvalue weighted by Crippen LogP contribution is 2.26. The second-order valence-corrected chi connectivity index (χ2v) is 6.89. The highest BCUT2D eigenvalue weighted by atomic mass is 16.5. The Balaban J connectivity index is 0.000000592. The summed E-state index contributed by atoms with van der Waals surface area (Å²) in [5, 5.41) is 25.8. The van der Waals surface area contributed by atoms with Crippen molar-refractivity contribution in [3.8, 4) is 17.6 Å². The molecular formula is C25H29NO5. The van der Waals surface area contributed by atoms with Crippen molar-refractivity contribution in [2.75, 3.05) is 6.61 Å². The molecule has 2 aromatic rings. The standard InChI is InChI=1S/C21H26O3.C4H3NO2/c1-2-3-4-5-6-10-15-24-18-13-14-19(20(22)16-18)21(23)17-11-8-7-9-12-17;1-3(2-5)4(6)7/h7-9,11-14,16,22H,2-6,10,15H2,1H3;1H2,(H,6,7). The Labute approximate surface area is 183 Å². The maximum atomic E-state index is 12.4. The molecule has 2 aromatic carbocycles. The maximum absolute atomic E-state index is 12.4. The van der Waals surface area contributed by atoms with Crippen LogP contribution in [0.3, 0.4) is 0 Å². The number of hydrogen-bond acceptors (Lipinski definition) is 5. The third kappa shape index (κ3) is 9.64. The topological polar surface area (TPSA) is 108 Å². The molecule has 0 aliphatic heterocycles. The fourth-order valence-electron chi connectivity index (χ4n) is 2.66. The van der Waals surface area contributed by atoms with Gasteiger partial charge in [-0.05, 0) is 18.6 Å². The Morgan fingerprint density at radius 1 is 1.03 bits per heavy atom. The summed E-state index contributed by atoms with van der Waals surface area (Å²) in [5.74, 6) is -0.881. The van der Waals surface area contributed by atoms with Crippen LogP contribution < -0.4 is 4.74 Å². The lowest BCUT2D eigenvalue weighted by Crippen LogP contribution is -2.02. The minimum absolute atomic E-state index is 0.0377. The molecule has 0 bridgehead atoms. The predicted octanol–water partition coefficient (Wildman–Crippen LogP) is 5.51. The summed E-state index contributed by atoms with van der Waals surface area (Å²) in [7, 11) is 0. The molecule has 0 saturated heterocycles. The van der Waals surface area contributed by atoms with Crippen molar-refractivity contribution in [1.82, 2.24) is 0 Å². The number of aliphatic carboxylic acids is 1. The van der Waals surface area contributed by atoms with Crippen molar-refractivity contribution in [1.29, 1.82) is 5.26 Å². The molecule has 0 saturated carbocycles. The van der Waals surface area contributed by atoms with Gasteiger partial charge in [0.15, 0.2) is 5.78 Å². The van der Waals surface area contributed by atoms with Crippen LogP contribution in [-0.2, 0) is 4.79 Å². The first-order chi connectivity index (χ1) is 14.9. The van der Waals surface area contributed by atoms with E-state index in [1.807, 2.05) is 18.2 Å². The number of carboxylic acids is 1. The number of rotatable bonds is 11. The number of carboxylic acid groups (broad SMARTS) is 1. The Kier molecular flexibility index (Phi) is 11.8. The minimum atomic E-state index is -1.26. The Bertz CT molecular complexity index is 900. The SMILES string of the molecule is C=C(C#N)C(=O)O.CCCCCCCCOc1ccc(C(=O)c2ccccc2)c(O)c1. The van der Waals surface area contributed by atoms with Crippen molar-refractivity contribution in [2.24, 2.45) is 0 Å². The van der Waals surface area contributed by atoms with E-state index in [-0.39, 0.29) is 11.5 Å². The third-order valence-electron chi connectivity index (χ3n) is 4.41. The van der Waals surface area contributed by atoms with E-state index >= 15 is 0 Å². The van der Waals surface area contributed by atoms with Gasteiger partial charge in [0.05, 0.1) is 12.2 Å². The molecule has 0 unspecified atom stereocenters. The molecule has 0 heterocycles. The molecular weight excluding hydrogens is 394 g/mol. The van der Waals surface area contributed by atoms with Crippen molar-refractivity contribution in [2.45, 2.75) is 45.4 Å². The number of nitriles is 1. The first kappa shape index (κ1) is 25.4. The molecule has 0 spiro atoms. The van der Waals surface area contributed by atoms with E-state index in [2.05, 4.69) is 13.5 Å². The average molecular weight is 424 g/mol. The van der Waals surface area contributed by atoms with Gasteiger partial charge in [0, 0.05) is 11.6 Å². The zero-order chi connectivity index (χ0) is 23.1. The molecule has 0 radical (unpaired) electrons. The number of phenols is 1. The molecule has 0 aliphatic rings. The van der Waals surface area contributed by atoms with Crippen molar-refractivity contribution < 1.29 is 24.5 Å². The summed E-state index contributed by atoms with van der Waals surface area (Å²) in [4.78, 5) is 22.0. The molecule has 2 N–H and O–H groups in total. The van der Waals surface area contributed by atoms with Gasteiger partial charge in [-0.2, -0.15) is 5.26 Å². The Morgan fingerprint density at radius 2 is 1.68 bits per heavy atom. The fourth-order valence-corrected chi connectivity index (χ4v) is 2.66. The summed E-state index contributed by atoms with van der Waals surface area (Å²) in [6.45, 7) is 5.76. The highest BCUT2D eigenvalue weighted by molar-refractivity contribution is 6.10. The molecule has 0 aliphatic carbocycles. The number of phenolic OH excluding ortho intramolecular Hbond substituents is 1. The molecule has 0 aromatic heterocycles. The van der Waals surface area contributed by atoms with Gasteiger partial charge in [0.1, 0.15) is 23.1 Å². The van der Waals surface area contributed by atoms with Crippen LogP contribution in [0.1, 0.15) is 61.4 Å². The number of aromatic hydroxyl groups is 1. The van der Waals surface area contributed by atoms with Gasteiger partial charge >= 0.3 is 5.97 Å². The van der Waals surface area contributed by atoms with Crippen LogP contribution in [0.5, 0.6) is 11.5 Å². The van der Waals surface area contributed by atoms with Gasteiger partial charge in [-0.25, -0.2) is 4.79 Å². The van der Waals surface area contributed by atoms with Crippen molar-refractivity contribution in [3.05, 3.63) is 71.8 Å². The van der Waals surface area contributed by atoms with E-state index in [0.717, 1.165) is 12.8 Å². The number of ketones is 1.